The first kappa shape index (κ1) is 11.7. The van der Waals surface area contributed by atoms with E-state index in [-0.39, 0.29) is 22.3 Å². The Kier molecular flexibility index (Phi) is 2.12. The lowest BCUT2D eigenvalue weighted by Gasteiger charge is -2.38. The molecule has 0 unspecified atom stereocenters. The molecule has 0 aromatic heterocycles. The zero-order valence-electron chi connectivity index (χ0n) is 11.3. The number of amides is 1. The van der Waals surface area contributed by atoms with Gasteiger partial charge in [0, 0.05) is 12.0 Å². The lowest BCUT2D eigenvalue weighted by Crippen LogP contribution is -2.50. The van der Waals surface area contributed by atoms with Gasteiger partial charge in [-0.25, -0.2) is 0 Å². The largest absolute Gasteiger partial charge is 0.346 e. The van der Waals surface area contributed by atoms with E-state index in [9.17, 15) is 4.79 Å². The molecule has 2 atom stereocenters. The molecule has 2 nitrogen and oxygen atoms in total. The Labute approximate surface area is 98.5 Å². The fraction of sp³-hybridized carbons (Fsp3) is 0.786. The van der Waals surface area contributed by atoms with Crippen LogP contribution in [-0.2, 0) is 4.79 Å². The fourth-order valence-corrected chi connectivity index (χ4v) is 3.03. The van der Waals surface area contributed by atoms with Gasteiger partial charge in [0.05, 0.1) is 5.54 Å². The average Bonchev–Trinajstić information content (AvgIpc) is 2.74. The number of hydrogen-bond donors (Lipinski definition) is 1. The molecule has 2 aliphatic rings. The molecule has 2 rings (SSSR count). The molecule has 0 spiro atoms. The van der Waals surface area contributed by atoms with Gasteiger partial charge in [-0.1, -0.05) is 47.1 Å². The Morgan fingerprint density at radius 3 is 2.25 bits per heavy atom. The summed E-state index contributed by atoms with van der Waals surface area (Å²) in [6, 6.07) is 0. The number of fused-ring (bicyclic) bond motifs is 1. The van der Waals surface area contributed by atoms with Crippen LogP contribution in [0, 0.1) is 16.7 Å². The molecule has 1 heterocycles. The predicted octanol–water partition coefficient (Wildman–Crippen LogP) is 2.89. The number of carbonyl (C=O) groups excluding carboxylic acids is 1. The van der Waals surface area contributed by atoms with Gasteiger partial charge in [-0.2, -0.15) is 0 Å². The van der Waals surface area contributed by atoms with Crippen molar-refractivity contribution in [1.82, 2.24) is 5.32 Å². The minimum Gasteiger partial charge on any atom is -0.346 e. The fourth-order valence-electron chi connectivity index (χ4n) is 3.03. The quantitative estimate of drug-likeness (QED) is 0.669. The Hall–Kier alpha value is -0.790. The summed E-state index contributed by atoms with van der Waals surface area (Å²) < 4.78 is 0. The maximum absolute atomic E-state index is 11.8. The molecule has 0 radical (unpaired) electrons. The van der Waals surface area contributed by atoms with Crippen LogP contribution in [0.3, 0.4) is 0 Å². The summed E-state index contributed by atoms with van der Waals surface area (Å²) in [6.07, 6.45) is 2.92. The third-order valence-corrected chi connectivity index (χ3v) is 4.17. The molecule has 1 amide bonds. The number of carbonyl (C=O) groups is 1. The van der Waals surface area contributed by atoms with Gasteiger partial charge in [-0.05, 0) is 17.3 Å². The van der Waals surface area contributed by atoms with Crippen LogP contribution in [0.5, 0.6) is 0 Å². The highest BCUT2D eigenvalue weighted by molar-refractivity contribution is 5.91. The summed E-state index contributed by atoms with van der Waals surface area (Å²) >= 11 is 0. The highest BCUT2D eigenvalue weighted by atomic mass is 16.1. The standard InChI is InChI=1S/C14H23NO/c1-12(2,3)9-7-11(16)15-14(8-10(9)14)13(4,5)6/h7,10H,8H2,1-6H3,(H,15,16)/t10-,14-/m0/s1. The summed E-state index contributed by atoms with van der Waals surface area (Å²) in [4.78, 5) is 11.8. The van der Waals surface area contributed by atoms with Crippen LogP contribution >= 0.6 is 0 Å². The number of rotatable bonds is 0. The number of hydrogen-bond acceptors (Lipinski definition) is 1. The first-order valence-electron chi connectivity index (χ1n) is 6.12. The number of nitrogens with one attached hydrogen (secondary N) is 1. The van der Waals surface area contributed by atoms with Gasteiger partial charge in [-0.3, -0.25) is 4.79 Å². The summed E-state index contributed by atoms with van der Waals surface area (Å²) in [5.41, 5.74) is 1.58. The van der Waals surface area contributed by atoms with Gasteiger partial charge < -0.3 is 5.32 Å². The highest BCUT2D eigenvalue weighted by Gasteiger charge is 2.65. The van der Waals surface area contributed by atoms with E-state index < -0.39 is 0 Å². The summed E-state index contributed by atoms with van der Waals surface area (Å²) in [7, 11) is 0. The van der Waals surface area contributed by atoms with E-state index in [0.29, 0.717) is 5.92 Å². The van der Waals surface area contributed by atoms with E-state index in [1.54, 1.807) is 0 Å². The molecule has 1 aliphatic heterocycles. The van der Waals surface area contributed by atoms with Gasteiger partial charge in [0.2, 0.25) is 5.91 Å². The highest BCUT2D eigenvalue weighted by Crippen LogP contribution is 2.62. The lowest BCUT2D eigenvalue weighted by molar-refractivity contribution is -0.119. The van der Waals surface area contributed by atoms with Crippen LogP contribution < -0.4 is 5.32 Å². The van der Waals surface area contributed by atoms with E-state index >= 15 is 0 Å². The Balaban J connectivity index is 2.38. The van der Waals surface area contributed by atoms with Crippen LogP contribution in [0.2, 0.25) is 0 Å². The van der Waals surface area contributed by atoms with Crippen molar-refractivity contribution in [2.24, 2.45) is 16.7 Å². The minimum atomic E-state index is 0.0153. The third-order valence-electron chi connectivity index (χ3n) is 4.17. The van der Waals surface area contributed by atoms with Crippen molar-refractivity contribution in [2.45, 2.75) is 53.5 Å². The second-order valence-electron chi connectivity index (χ2n) is 7.32. The topological polar surface area (TPSA) is 29.1 Å². The average molecular weight is 221 g/mol. The van der Waals surface area contributed by atoms with Gasteiger partial charge in [0.25, 0.3) is 0 Å². The first-order valence-corrected chi connectivity index (χ1v) is 6.12. The Bertz CT molecular complexity index is 367. The second-order valence-corrected chi connectivity index (χ2v) is 7.32. The zero-order chi connectivity index (χ0) is 12.4. The molecule has 1 N–H and O–H groups in total. The molecule has 1 aliphatic carbocycles. The van der Waals surface area contributed by atoms with Crippen molar-refractivity contribution >= 4 is 5.91 Å². The van der Waals surface area contributed by atoms with Crippen molar-refractivity contribution in [3.63, 3.8) is 0 Å². The van der Waals surface area contributed by atoms with E-state index in [1.165, 1.54) is 5.57 Å². The van der Waals surface area contributed by atoms with Crippen molar-refractivity contribution in [3.8, 4) is 0 Å². The monoisotopic (exact) mass is 221 g/mol. The SMILES string of the molecule is CC(C)(C)C1=CC(=O)N[C@@]2(C(C)(C)C)C[C@@H]12. The molecule has 0 saturated heterocycles. The van der Waals surface area contributed by atoms with Crippen LogP contribution in [0.15, 0.2) is 11.6 Å². The van der Waals surface area contributed by atoms with Crippen molar-refractivity contribution in [2.75, 3.05) is 0 Å². The smallest absolute Gasteiger partial charge is 0.244 e. The Morgan fingerprint density at radius 1 is 1.25 bits per heavy atom. The van der Waals surface area contributed by atoms with Gasteiger partial charge in [-0.15, -0.1) is 0 Å². The van der Waals surface area contributed by atoms with E-state index in [1.807, 2.05) is 6.08 Å². The maximum Gasteiger partial charge on any atom is 0.244 e. The van der Waals surface area contributed by atoms with Crippen LogP contribution in [0.1, 0.15) is 48.0 Å². The maximum atomic E-state index is 11.8. The van der Waals surface area contributed by atoms with E-state index in [0.717, 1.165) is 6.42 Å². The first-order chi connectivity index (χ1) is 7.08. The van der Waals surface area contributed by atoms with Gasteiger partial charge in [0.1, 0.15) is 0 Å². The molecule has 0 bridgehead atoms. The zero-order valence-corrected chi connectivity index (χ0v) is 11.3. The van der Waals surface area contributed by atoms with Crippen molar-refractivity contribution in [1.29, 1.82) is 0 Å². The summed E-state index contributed by atoms with van der Waals surface area (Å²) in [5, 5.41) is 3.19. The second kappa shape index (κ2) is 2.91. The van der Waals surface area contributed by atoms with Crippen LogP contribution in [0.25, 0.3) is 0 Å². The van der Waals surface area contributed by atoms with Gasteiger partial charge in [0.15, 0.2) is 0 Å². The molecule has 1 fully saturated rings. The normalized spacial score (nSPS) is 34.0. The minimum absolute atomic E-state index is 0.0153. The molecule has 2 heteroatoms. The van der Waals surface area contributed by atoms with E-state index in [4.69, 9.17) is 0 Å². The van der Waals surface area contributed by atoms with Crippen molar-refractivity contribution < 1.29 is 4.79 Å². The molecule has 1 saturated carbocycles. The van der Waals surface area contributed by atoms with E-state index in [2.05, 4.69) is 46.9 Å². The summed E-state index contributed by atoms with van der Waals surface area (Å²) in [6.45, 7) is 13.3. The lowest BCUT2D eigenvalue weighted by atomic mass is 9.74. The third kappa shape index (κ3) is 1.50. The summed E-state index contributed by atoms with van der Waals surface area (Å²) in [5.74, 6) is 0.638. The molecule has 16 heavy (non-hydrogen) atoms. The molecular weight excluding hydrogens is 198 g/mol. The van der Waals surface area contributed by atoms with Crippen LogP contribution in [-0.4, -0.2) is 11.4 Å². The molecule has 90 valence electrons. The van der Waals surface area contributed by atoms with Gasteiger partial charge >= 0.3 is 0 Å². The molecule has 0 aromatic carbocycles. The molecule has 0 aromatic rings. The van der Waals surface area contributed by atoms with Crippen LogP contribution in [0.4, 0.5) is 0 Å². The van der Waals surface area contributed by atoms with Crippen molar-refractivity contribution in [3.05, 3.63) is 11.6 Å². The molecular formula is C14H23NO. The Morgan fingerprint density at radius 2 is 1.81 bits per heavy atom. The predicted molar refractivity (Wildman–Crippen MR) is 66.0 cm³/mol.